The summed E-state index contributed by atoms with van der Waals surface area (Å²) in [5.74, 6) is -1.15. The molecule has 1 rings (SSSR count). The third kappa shape index (κ3) is 4.16. The van der Waals surface area contributed by atoms with E-state index in [1.165, 1.54) is 6.92 Å². The Morgan fingerprint density at radius 2 is 1.94 bits per heavy atom. The van der Waals surface area contributed by atoms with Crippen molar-refractivity contribution >= 4 is 16.0 Å². The van der Waals surface area contributed by atoms with Crippen LogP contribution in [-0.2, 0) is 19.2 Å². The van der Waals surface area contributed by atoms with E-state index in [-0.39, 0.29) is 5.75 Å². The fourth-order valence-electron chi connectivity index (χ4n) is 1.14. The molecule has 0 unspecified atom stereocenters. The van der Waals surface area contributed by atoms with Crippen molar-refractivity contribution in [3.8, 4) is 0 Å². The highest BCUT2D eigenvalue weighted by Crippen LogP contribution is 2.14. The SMILES string of the molecule is CCS(=O)(=O)ONC(=O)[C@@H](C)c1ccccc1. The summed E-state index contributed by atoms with van der Waals surface area (Å²) in [7, 11) is -3.66. The van der Waals surface area contributed by atoms with Crippen LogP contribution < -0.4 is 5.48 Å². The lowest BCUT2D eigenvalue weighted by molar-refractivity contribution is -0.128. The van der Waals surface area contributed by atoms with Gasteiger partial charge in [0.25, 0.3) is 16.0 Å². The number of hydroxylamine groups is 1. The Bertz CT molecular complexity index is 470. The average Bonchev–Trinajstić information content (AvgIpc) is 2.36. The second-order valence-corrected chi connectivity index (χ2v) is 5.39. The van der Waals surface area contributed by atoms with Crippen molar-refractivity contribution in [1.82, 2.24) is 5.48 Å². The van der Waals surface area contributed by atoms with Gasteiger partial charge in [0.2, 0.25) is 0 Å². The van der Waals surface area contributed by atoms with Crippen molar-refractivity contribution in [2.75, 3.05) is 5.75 Å². The molecule has 0 fully saturated rings. The predicted molar refractivity (Wildman–Crippen MR) is 63.5 cm³/mol. The van der Waals surface area contributed by atoms with Gasteiger partial charge in [0.15, 0.2) is 0 Å². The maximum Gasteiger partial charge on any atom is 0.287 e. The topological polar surface area (TPSA) is 72.5 Å². The molecular weight excluding hydrogens is 242 g/mol. The van der Waals surface area contributed by atoms with Gasteiger partial charge in [-0.05, 0) is 19.4 Å². The lowest BCUT2D eigenvalue weighted by Crippen LogP contribution is -2.31. The van der Waals surface area contributed by atoms with Crippen LogP contribution >= 0.6 is 0 Å². The largest absolute Gasteiger partial charge is 0.287 e. The first-order chi connectivity index (χ1) is 7.96. The van der Waals surface area contributed by atoms with E-state index in [0.29, 0.717) is 0 Å². The van der Waals surface area contributed by atoms with E-state index >= 15 is 0 Å². The van der Waals surface area contributed by atoms with Gasteiger partial charge < -0.3 is 0 Å². The number of hydrogen-bond donors (Lipinski definition) is 1. The highest BCUT2D eigenvalue weighted by atomic mass is 32.2. The molecule has 0 aromatic heterocycles. The maximum absolute atomic E-state index is 11.6. The van der Waals surface area contributed by atoms with Gasteiger partial charge in [0.05, 0.1) is 11.7 Å². The summed E-state index contributed by atoms with van der Waals surface area (Å²) in [5, 5.41) is 0. The molecule has 0 heterocycles. The average molecular weight is 257 g/mol. The Kier molecular flexibility index (Phi) is 4.65. The molecule has 94 valence electrons. The molecule has 0 spiro atoms. The molecule has 17 heavy (non-hydrogen) atoms. The lowest BCUT2D eigenvalue weighted by atomic mass is 10.0. The second-order valence-electron chi connectivity index (χ2n) is 3.53. The minimum Gasteiger partial charge on any atom is -0.272 e. The molecule has 0 bridgehead atoms. The molecule has 6 heteroatoms. The fraction of sp³-hybridized carbons (Fsp3) is 0.364. The van der Waals surface area contributed by atoms with Gasteiger partial charge in [-0.3, -0.25) is 4.79 Å². The lowest BCUT2D eigenvalue weighted by Gasteiger charge is -2.11. The molecule has 1 atom stereocenters. The summed E-state index contributed by atoms with van der Waals surface area (Å²) in [6.45, 7) is 3.11. The van der Waals surface area contributed by atoms with E-state index in [1.54, 1.807) is 19.1 Å². The number of carbonyl (C=O) groups excluding carboxylic acids is 1. The molecule has 1 aromatic rings. The van der Waals surface area contributed by atoms with Crippen LogP contribution in [0.25, 0.3) is 0 Å². The quantitative estimate of drug-likeness (QED) is 0.804. The third-order valence-electron chi connectivity index (χ3n) is 2.32. The van der Waals surface area contributed by atoms with Crippen LogP contribution in [0.15, 0.2) is 30.3 Å². The van der Waals surface area contributed by atoms with E-state index in [4.69, 9.17) is 0 Å². The Labute approximate surface area is 101 Å². The van der Waals surface area contributed by atoms with Gasteiger partial charge in [-0.25, -0.2) is 5.48 Å². The Balaban J connectivity index is 2.60. The van der Waals surface area contributed by atoms with Crippen LogP contribution in [0.2, 0.25) is 0 Å². The second kappa shape index (κ2) is 5.79. The van der Waals surface area contributed by atoms with Crippen molar-refractivity contribution in [2.45, 2.75) is 19.8 Å². The predicted octanol–water partition coefficient (Wildman–Crippen LogP) is 1.19. The standard InChI is InChI=1S/C11H15NO4S/c1-3-17(14,15)16-12-11(13)9(2)10-7-5-4-6-8-10/h4-9H,3H2,1-2H3,(H,12,13)/t9-/m0/s1. The van der Waals surface area contributed by atoms with E-state index in [0.717, 1.165) is 5.56 Å². The monoisotopic (exact) mass is 257 g/mol. The summed E-state index contributed by atoms with van der Waals surface area (Å²) in [4.78, 5) is 11.6. The molecule has 0 aliphatic rings. The van der Waals surface area contributed by atoms with Crippen molar-refractivity contribution in [2.24, 2.45) is 0 Å². The van der Waals surface area contributed by atoms with Crippen LogP contribution in [0.3, 0.4) is 0 Å². The van der Waals surface area contributed by atoms with Crippen LogP contribution in [0.5, 0.6) is 0 Å². The zero-order valence-corrected chi connectivity index (χ0v) is 10.5. The summed E-state index contributed by atoms with van der Waals surface area (Å²) in [6.07, 6.45) is 0. The van der Waals surface area contributed by atoms with Crippen molar-refractivity contribution in [3.05, 3.63) is 35.9 Å². The molecule has 1 aromatic carbocycles. The van der Waals surface area contributed by atoms with Gasteiger partial charge in [-0.15, -0.1) is 4.28 Å². The summed E-state index contributed by atoms with van der Waals surface area (Å²) in [6, 6.07) is 9.04. The Morgan fingerprint density at radius 1 is 1.35 bits per heavy atom. The first kappa shape index (κ1) is 13.7. The molecule has 0 saturated heterocycles. The van der Waals surface area contributed by atoms with Gasteiger partial charge in [0.1, 0.15) is 0 Å². The maximum atomic E-state index is 11.6. The fourth-order valence-corrected chi connectivity index (χ4v) is 1.47. The molecule has 5 nitrogen and oxygen atoms in total. The number of benzene rings is 1. The van der Waals surface area contributed by atoms with Crippen LogP contribution in [-0.4, -0.2) is 20.1 Å². The molecule has 0 radical (unpaired) electrons. The van der Waals surface area contributed by atoms with E-state index in [9.17, 15) is 13.2 Å². The summed E-state index contributed by atoms with van der Waals surface area (Å²) < 4.78 is 26.4. The van der Waals surface area contributed by atoms with Crippen LogP contribution in [0, 0.1) is 0 Å². The van der Waals surface area contributed by atoms with Crippen molar-refractivity contribution in [3.63, 3.8) is 0 Å². The molecule has 1 amide bonds. The van der Waals surface area contributed by atoms with Crippen LogP contribution in [0.4, 0.5) is 0 Å². The van der Waals surface area contributed by atoms with Gasteiger partial charge in [0, 0.05) is 0 Å². The normalized spacial score (nSPS) is 13.1. The van der Waals surface area contributed by atoms with E-state index in [1.807, 2.05) is 23.7 Å². The highest BCUT2D eigenvalue weighted by molar-refractivity contribution is 7.86. The van der Waals surface area contributed by atoms with Gasteiger partial charge >= 0.3 is 0 Å². The molecule has 0 aliphatic carbocycles. The number of nitrogens with one attached hydrogen (secondary N) is 1. The minimum atomic E-state index is -3.66. The van der Waals surface area contributed by atoms with Crippen molar-refractivity contribution < 1.29 is 17.5 Å². The van der Waals surface area contributed by atoms with Crippen LogP contribution in [0.1, 0.15) is 25.3 Å². The summed E-state index contributed by atoms with van der Waals surface area (Å²) >= 11 is 0. The first-order valence-corrected chi connectivity index (χ1v) is 6.80. The van der Waals surface area contributed by atoms with Gasteiger partial charge in [-0.1, -0.05) is 30.3 Å². The number of rotatable bonds is 5. The number of hydrogen-bond acceptors (Lipinski definition) is 4. The minimum absolute atomic E-state index is 0.188. The summed E-state index contributed by atoms with van der Waals surface area (Å²) in [5.41, 5.74) is 2.74. The Hall–Kier alpha value is -1.40. The Morgan fingerprint density at radius 3 is 2.47 bits per heavy atom. The molecule has 0 saturated carbocycles. The molecule has 1 N–H and O–H groups in total. The highest BCUT2D eigenvalue weighted by Gasteiger charge is 2.17. The van der Waals surface area contributed by atoms with Crippen molar-refractivity contribution in [1.29, 1.82) is 0 Å². The third-order valence-corrected chi connectivity index (χ3v) is 3.36. The number of amides is 1. The first-order valence-electron chi connectivity index (χ1n) is 5.22. The van der Waals surface area contributed by atoms with E-state index < -0.39 is 21.9 Å². The molecule has 0 aliphatic heterocycles. The zero-order valence-electron chi connectivity index (χ0n) is 9.71. The zero-order chi connectivity index (χ0) is 12.9. The van der Waals surface area contributed by atoms with Gasteiger partial charge in [-0.2, -0.15) is 8.42 Å². The molecular formula is C11H15NO4S. The number of carbonyl (C=O) groups is 1. The smallest absolute Gasteiger partial charge is 0.272 e. The van der Waals surface area contributed by atoms with E-state index in [2.05, 4.69) is 4.28 Å².